The van der Waals surface area contributed by atoms with E-state index in [4.69, 9.17) is 24.4 Å². The summed E-state index contributed by atoms with van der Waals surface area (Å²) in [6, 6.07) is 2.12. The molecule has 2 saturated carbocycles. The van der Waals surface area contributed by atoms with Gasteiger partial charge in [-0.25, -0.2) is 23.2 Å². The molecule has 1 aromatic carbocycles. The molecule has 4 amide bonds. The highest BCUT2D eigenvalue weighted by atomic mass is 32.2. The van der Waals surface area contributed by atoms with Crippen LogP contribution in [-0.2, 0) is 19.6 Å². The van der Waals surface area contributed by atoms with Crippen LogP contribution in [0.25, 0.3) is 22.4 Å². The van der Waals surface area contributed by atoms with Gasteiger partial charge in [0, 0.05) is 42.8 Å². The first-order valence-electron chi connectivity index (χ1n) is 18.2. The van der Waals surface area contributed by atoms with Crippen molar-refractivity contribution in [2.24, 2.45) is 5.92 Å². The van der Waals surface area contributed by atoms with E-state index >= 15 is 0 Å². The van der Waals surface area contributed by atoms with Gasteiger partial charge < -0.3 is 24.6 Å². The van der Waals surface area contributed by atoms with Gasteiger partial charge in [0.25, 0.3) is 5.91 Å². The van der Waals surface area contributed by atoms with Crippen molar-refractivity contribution in [3.8, 4) is 23.1 Å². The zero-order chi connectivity index (χ0) is 37.9. The lowest BCUT2D eigenvalue weighted by Crippen LogP contribution is -2.58. The molecule has 0 radical (unpaired) electrons. The van der Waals surface area contributed by atoms with Gasteiger partial charge in [-0.2, -0.15) is 4.98 Å². The van der Waals surface area contributed by atoms with Crippen molar-refractivity contribution >= 4 is 50.1 Å². The number of ether oxygens (including phenoxy) is 2. The van der Waals surface area contributed by atoms with Crippen molar-refractivity contribution in [3.05, 3.63) is 40.2 Å². The summed E-state index contributed by atoms with van der Waals surface area (Å²) >= 11 is 1.53. The fraction of sp³-hybridized carbons (Fsp3) is 0.568. The molecule has 2 aliphatic carbocycles. The molecule has 3 aromatic rings. The van der Waals surface area contributed by atoms with Crippen molar-refractivity contribution in [3.63, 3.8) is 0 Å². The van der Waals surface area contributed by atoms with Gasteiger partial charge in [0.1, 0.15) is 29.1 Å². The predicted octanol–water partition coefficient (Wildman–Crippen LogP) is 4.68. The van der Waals surface area contributed by atoms with Gasteiger partial charge in [-0.05, 0) is 64.5 Å². The minimum atomic E-state index is -3.95. The van der Waals surface area contributed by atoms with Crippen LogP contribution in [0.5, 0.6) is 11.6 Å². The number of allylic oxidation sites excluding steroid dienone is 1. The molecule has 14 nitrogen and oxygen atoms in total. The molecule has 16 heteroatoms. The summed E-state index contributed by atoms with van der Waals surface area (Å²) in [7, 11) is -0.625. The van der Waals surface area contributed by atoms with Crippen LogP contribution >= 0.6 is 11.3 Å². The molecule has 284 valence electrons. The van der Waals surface area contributed by atoms with Crippen LogP contribution in [0.1, 0.15) is 82.2 Å². The third kappa shape index (κ3) is 6.95. The number of hydrogen-bond donors (Lipinski definition) is 2. The molecule has 0 bridgehead atoms. The smallest absolute Gasteiger partial charge is 0.319 e. The van der Waals surface area contributed by atoms with Crippen LogP contribution in [0.15, 0.2) is 29.7 Å². The number of carbonyl (C=O) groups excluding carboxylic acids is 3. The van der Waals surface area contributed by atoms with Gasteiger partial charge in [0.2, 0.25) is 21.8 Å². The maximum absolute atomic E-state index is 14.2. The van der Waals surface area contributed by atoms with E-state index in [0.29, 0.717) is 47.6 Å². The summed E-state index contributed by atoms with van der Waals surface area (Å²) in [5.74, 6) is 0.152. The number of hydrogen-bond acceptors (Lipinski definition) is 11. The Morgan fingerprint density at radius 2 is 1.92 bits per heavy atom. The van der Waals surface area contributed by atoms with Crippen molar-refractivity contribution in [1.29, 1.82) is 0 Å². The van der Waals surface area contributed by atoms with Crippen molar-refractivity contribution in [2.75, 3.05) is 27.2 Å². The lowest BCUT2D eigenvalue weighted by molar-refractivity contribution is -0.134. The molecule has 1 saturated heterocycles. The number of nitrogens with zero attached hydrogens (tertiary/aromatic N) is 5. The molecule has 0 spiro atoms. The van der Waals surface area contributed by atoms with Crippen LogP contribution in [-0.4, -0.2) is 101 Å². The number of fused-ring (bicyclic) bond motifs is 3. The maximum atomic E-state index is 14.2. The molecule has 2 aliphatic heterocycles. The molecule has 4 atom stereocenters. The van der Waals surface area contributed by atoms with Crippen LogP contribution < -0.4 is 19.5 Å². The van der Waals surface area contributed by atoms with Crippen LogP contribution in [0.3, 0.4) is 0 Å². The molecule has 2 N–H and O–H groups in total. The van der Waals surface area contributed by atoms with Gasteiger partial charge in [-0.1, -0.05) is 26.0 Å². The summed E-state index contributed by atoms with van der Waals surface area (Å²) in [6.45, 7) is 8.20. The molecule has 4 heterocycles. The Labute approximate surface area is 313 Å². The lowest BCUT2D eigenvalue weighted by atomic mass is 10.1. The number of urea groups is 1. The normalized spacial score (nSPS) is 26.4. The number of benzene rings is 1. The van der Waals surface area contributed by atoms with Crippen molar-refractivity contribution < 1.29 is 32.3 Å². The Kier molecular flexibility index (Phi) is 9.66. The van der Waals surface area contributed by atoms with E-state index in [2.05, 4.69) is 23.9 Å². The number of likely N-dealkylation sites (N-methyl/N-ethyl adjacent to an activating group) is 1. The number of nitrogens with one attached hydrogen (secondary N) is 2. The number of methoxy groups -OCH3 is 1. The Hall–Kier alpha value is -4.31. The van der Waals surface area contributed by atoms with Gasteiger partial charge in [-0.15, -0.1) is 11.3 Å². The van der Waals surface area contributed by atoms with E-state index in [1.165, 1.54) is 16.2 Å². The van der Waals surface area contributed by atoms with Crippen LogP contribution in [0.2, 0.25) is 0 Å². The predicted molar refractivity (Wildman–Crippen MR) is 200 cm³/mol. The minimum absolute atomic E-state index is 0.0226. The Morgan fingerprint density at radius 3 is 2.62 bits per heavy atom. The first-order chi connectivity index (χ1) is 25.2. The second-order valence-electron chi connectivity index (χ2n) is 15.3. The maximum Gasteiger partial charge on any atom is 0.319 e. The van der Waals surface area contributed by atoms with Crippen LogP contribution in [0.4, 0.5) is 4.79 Å². The molecule has 7 rings (SSSR count). The zero-order valence-electron chi connectivity index (χ0n) is 31.0. The second kappa shape index (κ2) is 13.8. The highest BCUT2D eigenvalue weighted by molar-refractivity contribution is 7.91. The first-order valence-corrected chi connectivity index (χ1v) is 20.6. The minimum Gasteiger partial charge on any atom is -0.496 e. The van der Waals surface area contributed by atoms with E-state index in [1.54, 1.807) is 26.0 Å². The number of amides is 4. The molecule has 4 aliphatic rings. The molecule has 3 fully saturated rings. The van der Waals surface area contributed by atoms with Gasteiger partial charge in [0.15, 0.2) is 5.82 Å². The summed E-state index contributed by atoms with van der Waals surface area (Å²) in [4.78, 5) is 59.5. The van der Waals surface area contributed by atoms with Crippen LogP contribution in [0, 0.1) is 12.8 Å². The molecule has 2 aromatic heterocycles. The average Bonchev–Trinajstić information content (AvgIpc) is 3.89. The number of rotatable bonds is 8. The van der Waals surface area contributed by atoms with E-state index in [1.807, 2.05) is 36.6 Å². The quantitative estimate of drug-likeness (QED) is 0.307. The van der Waals surface area contributed by atoms with Gasteiger partial charge in [-0.3, -0.25) is 14.3 Å². The molecular formula is C37H47N7O7S2. The number of carbonyl (C=O) groups is 3. The summed E-state index contributed by atoms with van der Waals surface area (Å²) < 4.78 is 39.7. The molecule has 53 heavy (non-hydrogen) atoms. The zero-order valence-corrected chi connectivity index (χ0v) is 32.6. The number of aromatic nitrogens is 3. The highest BCUT2D eigenvalue weighted by Gasteiger charge is 2.63. The van der Waals surface area contributed by atoms with E-state index in [-0.39, 0.29) is 37.1 Å². The van der Waals surface area contributed by atoms with Gasteiger partial charge in [0.05, 0.1) is 34.3 Å². The highest BCUT2D eigenvalue weighted by Crippen LogP contribution is 2.47. The Morgan fingerprint density at radius 1 is 1.15 bits per heavy atom. The monoisotopic (exact) mass is 765 g/mol. The van der Waals surface area contributed by atoms with E-state index in [0.717, 1.165) is 29.8 Å². The topological polar surface area (TPSA) is 173 Å². The van der Waals surface area contributed by atoms with E-state index in [9.17, 15) is 22.8 Å². The SMILES string of the molecule is COc1ccc2c(O[C@H]3C[C@H]4C(=O)N(C)CCCC/C=C\[C@@H]5C[C@@]5(C(=O)NS(=O)(=O)C5(C)CC5)NC(=O)N4C3)nc(-c3csc(C(C)C)n3)nc2c1C. The van der Waals surface area contributed by atoms with Crippen molar-refractivity contribution in [1.82, 2.24) is 34.8 Å². The van der Waals surface area contributed by atoms with E-state index < -0.39 is 50.3 Å². The summed E-state index contributed by atoms with van der Waals surface area (Å²) in [5.41, 5.74) is 0.572. The number of aryl methyl sites for hydroxylation is 1. The lowest BCUT2D eigenvalue weighted by Gasteiger charge is -2.30. The van der Waals surface area contributed by atoms with Crippen molar-refractivity contribution in [2.45, 2.75) is 101 Å². The summed E-state index contributed by atoms with van der Waals surface area (Å²) in [5, 5.41) is 6.39. The third-order valence-electron chi connectivity index (χ3n) is 11.0. The average molecular weight is 766 g/mol. The molecular weight excluding hydrogens is 719 g/mol. The summed E-state index contributed by atoms with van der Waals surface area (Å²) in [6.07, 6.45) is 6.86. The third-order valence-corrected chi connectivity index (χ3v) is 14.3. The van der Waals surface area contributed by atoms with Gasteiger partial charge >= 0.3 is 6.03 Å². The fourth-order valence-corrected chi connectivity index (χ4v) is 9.25. The molecule has 0 unspecified atom stereocenters. The Bertz CT molecular complexity index is 2100. The first kappa shape index (κ1) is 37.0. The standard InChI is InChI=1S/C37H47N7O7S2/c1-21(2)32-38-26(20-52-32)30-39-29-22(3)28(50-6)13-12-25(29)31(40-30)51-24-17-27-33(45)43(5)16-10-8-7-9-11-23-18-37(23,41-35(47)44(27)19-24)34(46)42-53(48,49)36(4)14-15-36/h9,11-13,20-21,23-24,27H,7-8,10,14-19H2,1-6H3,(H,41,47)(H,42,46)/b11-9-/t23-,24+,27+,37-/m1/s1. The second-order valence-corrected chi connectivity index (χ2v) is 18.4. The largest absolute Gasteiger partial charge is 0.496 e. The number of sulfonamides is 1. The fourth-order valence-electron chi connectivity index (χ4n) is 7.13. The number of thiazole rings is 1. The Balaban J connectivity index is 1.21.